The third-order valence-corrected chi connectivity index (χ3v) is 3.90. The van der Waals surface area contributed by atoms with Gasteiger partial charge >= 0.3 is 0 Å². The molecular weight excluding hydrogens is 277 g/mol. The van der Waals surface area contributed by atoms with E-state index in [1.54, 1.807) is 19.1 Å². The van der Waals surface area contributed by atoms with Gasteiger partial charge in [-0.3, -0.25) is 4.21 Å². The van der Waals surface area contributed by atoms with Crippen LogP contribution in [-0.4, -0.2) is 9.37 Å². The van der Waals surface area contributed by atoms with Crippen LogP contribution in [-0.2, 0) is 22.3 Å². The number of hydrogen-bond acceptors (Lipinski definition) is 3. The minimum absolute atomic E-state index is 0.263. The lowest BCUT2D eigenvalue weighted by molar-refractivity contribution is 0.390. The SMILES string of the molecule is Cc1cc(C[S@@](=O)Cc2ccc(F)cc2Cl)on1. The summed E-state index contributed by atoms with van der Waals surface area (Å²) in [5.74, 6) is 0.706. The average Bonchev–Trinajstić information content (AvgIpc) is 2.68. The van der Waals surface area contributed by atoms with Crippen LogP contribution in [0.2, 0.25) is 5.02 Å². The number of aromatic nitrogens is 1. The average molecular weight is 288 g/mol. The summed E-state index contributed by atoms with van der Waals surface area (Å²) >= 11 is 5.87. The molecule has 6 heteroatoms. The molecule has 3 nitrogen and oxygen atoms in total. The van der Waals surface area contributed by atoms with E-state index in [2.05, 4.69) is 5.16 Å². The van der Waals surface area contributed by atoms with Gasteiger partial charge in [0.05, 0.1) is 17.2 Å². The van der Waals surface area contributed by atoms with E-state index in [1.165, 1.54) is 12.1 Å². The fourth-order valence-electron chi connectivity index (χ4n) is 1.51. The first-order chi connectivity index (χ1) is 8.54. The summed E-state index contributed by atoms with van der Waals surface area (Å²) in [4.78, 5) is 0. The third kappa shape index (κ3) is 3.40. The van der Waals surface area contributed by atoms with E-state index < -0.39 is 16.6 Å². The summed E-state index contributed by atoms with van der Waals surface area (Å²) in [7, 11) is -1.17. The summed E-state index contributed by atoms with van der Waals surface area (Å²) in [5.41, 5.74) is 1.41. The normalized spacial score (nSPS) is 12.6. The number of nitrogens with zero attached hydrogens (tertiary/aromatic N) is 1. The van der Waals surface area contributed by atoms with Crippen LogP contribution in [0, 0.1) is 12.7 Å². The van der Waals surface area contributed by atoms with Crippen molar-refractivity contribution in [3.8, 4) is 0 Å². The van der Waals surface area contributed by atoms with Crippen molar-refractivity contribution in [2.24, 2.45) is 0 Å². The number of aryl methyl sites for hydroxylation is 1. The molecule has 0 spiro atoms. The predicted molar refractivity (Wildman–Crippen MR) is 68.2 cm³/mol. The lowest BCUT2D eigenvalue weighted by Crippen LogP contribution is -1.99. The van der Waals surface area contributed by atoms with Gasteiger partial charge < -0.3 is 4.52 Å². The van der Waals surface area contributed by atoms with Crippen LogP contribution in [0.15, 0.2) is 28.8 Å². The van der Waals surface area contributed by atoms with Gasteiger partial charge in [-0.05, 0) is 24.6 Å². The van der Waals surface area contributed by atoms with Crippen LogP contribution in [0.1, 0.15) is 17.0 Å². The summed E-state index contributed by atoms with van der Waals surface area (Å²) in [6, 6.07) is 5.80. The van der Waals surface area contributed by atoms with Gasteiger partial charge in [-0.25, -0.2) is 4.39 Å². The third-order valence-electron chi connectivity index (χ3n) is 2.31. The maximum atomic E-state index is 12.9. The number of rotatable bonds is 4. The molecule has 0 bridgehead atoms. The van der Waals surface area contributed by atoms with Crippen molar-refractivity contribution in [1.29, 1.82) is 0 Å². The predicted octanol–water partition coefficient (Wildman–Crippen LogP) is 3.22. The zero-order valence-electron chi connectivity index (χ0n) is 9.65. The monoisotopic (exact) mass is 287 g/mol. The van der Waals surface area contributed by atoms with Crippen LogP contribution in [0.5, 0.6) is 0 Å². The minimum Gasteiger partial charge on any atom is -0.360 e. The van der Waals surface area contributed by atoms with Gasteiger partial charge in [-0.1, -0.05) is 22.8 Å². The molecule has 1 heterocycles. The minimum atomic E-state index is -1.17. The maximum absolute atomic E-state index is 12.9. The molecule has 18 heavy (non-hydrogen) atoms. The summed E-state index contributed by atoms with van der Waals surface area (Å²) in [5, 5.41) is 4.01. The van der Waals surface area contributed by atoms with Crippen LogP contribution in [0.25, 0.3) is 0 Å². The fraction of sp³-hybridized carbons (Fsp3) is 0.250. The van der Waals surface area contributed by atoms with Crippen molar-refractivity contribution < 1.29 is 13.1 Å². The first-order valence-corrected chi connectivity index (χ1v) is 7.12. The van der Waals surface area contributed by atoms with Crippen LogP contribution in [0.3, 0.4) is 0 Å². The molecule has 0 radical (unpaired) electrons. The molecule has 96 valence electrons. The molecule has 0 unspecified atom stereocenters. The van der Waals surface area contributed by atoms with Crippen LogP contribution >= 0.6 is 11.6 Å². The molecule has 0 saturated carbocycles. The fourth-order valence-corrected chi connectivity index (χ4v) is 2.97. The molecule has 1 aromatic carbocycles. The highest BCUT2D eigenvalue weighted by molar-refractivity contribution is 7.83. The number of hydrogen-bond donors (Lipinski definition) is 0. The van der Waals surface area contributed by atoms with Crippen molar-refractivity contribution in [2.45, 2.75) is 18.4 Å². The molecule has 0 aliphatic rings. The molecule has 0 saturated heterocycles. The molecule has 0 aliphatic carbocycles. The smallest absolute Gasteiger partial charge is 0.149 e. The van der Waals surface area contributed by atoms with E-state index in [1.807, 2.05) is 0 Å². The van der Waals surface area contributed by atoms with Gasteiger partial charge in [0.15, 0.2) is 0 Å². The lowest BCUT2D eigenvalue weighted by Gasteiger charge is -2.03. The largest absolute Gasteiger partial charge is 0.360 e. The van der Waals surface area contributed by atoms with Crippen LogP contribution in [0.4, 0.5) is 4.39 Å². The van der Waals surface area contributed by atoms with E-state index in [0.29, 0.717) is 11.3 Å². The Morgan fingerprint density at radius 3 is 2.78 bits per heavy atom. The van der Waals surface area contributed by atoms with Gasteiger partial charge in [-0.2, -0.15) is 0 Å². The van der Waals surface area contributed by atoms with Gasteiger partial charge in [0, 0.05) is 21.9 Å². The number of halogens is 2. The molecule has 0 N–H and O–H groups in total. The number of benzene rings is 1. The molecule has 2 rings (SSSR count). The highest BCUT2D eigenvalue weighted by Gasteiger charge is 2.10. The molecule has 2 aromatic rings. The molecule has 0 aliphatic heterocycles. The van der Waals surface area contributed by atoms with Gasteiger partial charge in [-0.15, -0.1) is 0 Å². The van der Waals surface area contributed by atoms with E-state index in [4.69, 9.17) is 16.1 Å². The zero-order chi connectivity index (χ0) is 13.1. The van der Waals surface area contributed by atoms with Gasteiger partial charge in [0.2, 0.25) is 0 Å². The summed E-state index contributed by atoms with van der Waals surface area (Å²) in [6.45, 7) is 1.80. The molecular formula is C12H11ClFNO2S. The maximum Gasteiger partial charge on any atom is 0.149 e. The Bertz CT molecular complexity index is 585. The second-order valence-electron chi connectivity index (χ2n) is 3.90. The van der Waals surface area contributed by atoms with E-state index in [9.17, 15) is 8.60 Å². The molecule has 0 amide bonds. The summed E-state index contributed by atoms with van der Waals surface area (Å²) in [6.07, 6.45) is 0. The van der Waals surface area contributed by atoms with Crippen molar-refractivity contribution in [1.82, 2.24) is 5.16 Å². The van der Waals surface area contributed by atoms with Crippen molar-refractivity contribution in [3.05, 3.63) is 52.1 Å². The quantitative estimate of drug-likeness (QED) is 0.867. The summed E-state index contributed by atoms with van der Waals surface area (Å²) < 4.78 is 29.7. The van der Waals surface area contributed by atoms with E-state index >= 15 is 0 Å². The Hall–Kier alpha value is -1.20. The molecule has 1 atom stereocenters. The Labute approximate surface area is 111 Å². The Kier molecular flexibility index (Phi) is 4.14. The van der Waals surface area contributed by atoms with E-state index in [0.717, 1.165) is 5.69 Å². The first-order valence-electron chi connectivity index (χ1n) is 5.25. The van der Waals surface area contributed by atoms with Crippen molar-refractivity contribution >= 4 is 22.4 Å². The van der Waals surface area contributed by atoms with Gasteiger partial charge in [0.1, 0.15) is 11.6 Å². The lowest BCUT2D eigenvalue weighted by atomic mass is 10.2. The van der Waals surface area contributed by atoms with Crippen molar-refractivity contribution in [3.63, 3.8) is 0 Å². The van der Waals surface area contributed by atoms with Crippen LogP contribution < -0.4 is 0 Å². The van der Waals surface area contributed by atoms with E-state index in [-0.39, 0.29) is 16.5 Å². The topological polar surface area (TPSA) is 43.1 Å². The zero-order valence-corrected chi connectivity index (χ0v) is 11.2. The standard InChI is InChI=1S/C12H11ClFNO2S/c1-8-4-11(17-15-8)7-18(16)6-9-2-3-10(14)5-12(9)13/h2-5H,6-7H2,1H3/t18-/m0/s1. The Morgan fingerprint density at radius 1 is 1.39 bits per heavy atom. The highest BCUT2D eigenvalue weighted by Crippen LogP contribution is 2.19. The second-order valence-corrected chi connectivity index (χ2v) is 5.76. The Balaban J connectivity index is 2.03. The Morgan fingerprint density at radius 2 is 2.17 bits per heavy atom. The van der Waals surface area contributed by atoms with Crippen molar-refractivity contribution in [2.75, 3.05) is 0 Å². The van der Waals surface area contributed by atoms with Gasteiger partial charge in [0.25, 0.3) is 0 Å². The molecule has 1 aromatic heterocycles. The molecule has 0 fully saturated rings. The highest BCUT2D eigenvalue weighted by atomic mass is 35.5. The first kappa shape index (κ1) is 13.2. The second kappa shape index (κ2) is 5.63.